The molecule has 9 nitrogen and oxygen atoms in total. The number of imidazole rings is 1. The van der Waals surface area contributed by atoms with Crippen molar-refractivity contribution in [3.05, 3.63) is 84.2 Å². The number of fused-ring (bicyclic) bond motifs is 1. The van der Waals surface area contributed by atoms with Gasteiger partial charge in [-0.25, -0.2) is 4.98 Å². The van der Waals surface area contributed by atoms with Crippen molar-refractivity contribution in [1.29, 1.82) is 0 Å². The molecule has 0 spiro atoms. The first-order valence-corrected chi connectivity index (χ1v) is 10.7. The molecule has 0 saturated heterocycles. The Morgan fingerprint density at radius 1 is 0.939 bits per heavy atom. The van der Waals surface area contributed by atoms with E-state index in [0.29, 0.717) is 31.2 Å². The molecule has 2 N–H and O–H groups in total. The third-order valence-corrected chi connectivity index (χ3v) is 5.01. The molecule has 0 bridgehead atoms. The van der Waals surface area contributed by atoms with E-state index in [4.69, 9.17) is 9.47 Å². The fraction of sp³-hybridized carbons (Fsp3) is 0.167. The Balaban J connectivity index is 1.28. The Morgan fingerprint density at radius 2 is 1.79 bits per heavy atom. The van der Waals surface area contributed by atoms with Crippen molar-refractivity contribution in [2.24, 2.45) is 0 Å². The van der Waals surface area contributed by atoms with Crippen molar-refractivity contribution in [1.82, 2.24) is 35.5 Å². The summed E-state index contributed by atoms with van der Waals surface area (Å²) in [4.78, 5) is 7.92. The molecule has 0 radical (unpaired) electrons. The molecule has 0 unspecified atom stereocenters. The lowest BCUT2D eigenvalue weighted by atomic mass is 10.2. The highest BCUT2D eigenvalue weighted by atomic mass is 16.5. The molecule has 166 valence electrons. The van der Waals surface area contributed by atoms with E-state index >= 15 is 0 Å². The molecule has 2 heterocycles. The van der Waals surface area contributed by atoms with Crippen molar-refractivity contribution in [2.45, 2.75) is 20.0 Å². The largest absolute Gasteiger partial charge is 0.490 e. The van der Waals surface area contributed by atoms with E-state index in [0.717, 1.165) is 28.1 Å². The maximum absolute atomic E-state index is 6.02. The number of ether oxygens (including phenoxy) is 2. The van der Waals surface area contributed by atoms with Crippen LogP contribution in [-0.2, 0) is 13.1 Å². The molecule has 0 aliphatic rings. The van der Waals surface area contributed by atoms with Gasteiger partial charge in [0, 0.05) is 6.54 Å². The van der Waals surface area contributed by atoms with Crippen molar-refractivity contribution in [2.75, 3.05) is 6.61 Å². The number of benzene rings is 3. The number of nitrogens with zero attached hydrogens (tertiary/aromatic N) is 5. The topological polar surface area (TPSA) is 103 Å². The predicted molar refractivity (Wildman–Crippen MR) is 123 cm³/mol. The van der Waals surface area contributed by atoms with Crippen LogP contribution in [0.2, 0.25) is 0 Å². The second kappa shape index (κ2) is 9.49. The van der Waals surface area contributed by atoms with Crippen LogP contribution >= 0.6 is 0 Å². The summed E-state index contributed by atoms with van der Waals surface area (Å²) in [5.41, 5.74) is 3.87. The van der Waals surface area contributed by atoms with Gasteiger partial charge in [0.25, 0.3) is 0 Å². The summed E-state index contributed by atoms with van der Waals surface area (Å²) in [6.07, 6.45) is 0. The van der Waals surface area contributed by atoms with Gasteiger partial charge < -0.3 is 19.8 Å². The molecule has 0 aliphatic heterocycles. The number of H-pyrrole nitrogens is 1. The Hall–Kier alpha value is -4.24. The van der Waals surface area contributed by atoms with E-state index in [9.17, 15) is 0 Å². The van der Waals surface area contributed by atoms with Gasteiger partial charge in [-0.2, -0.15) is 4.68 Å². The molecule has 2 aromatic heterocycles. The van der Waals surface area contributed by atoms with Crippen LogP contribution < -0.4 is 14.8 Å². The molecule has 9 heteroatoms. The minimum atomic E-state index is 0.262. The first-order chi connectivity index (χ1) is 16.3. The van der Waals surface area contributed by atoms with Gasteiger partial charge >= 0.3 is 6.01 Å². The van der Waals surface area contributed by atoms with Gasteiger partial charge in [0.05, 0.1) is 29.9 Å². The summed E-state index contributed by atoms with van der Waals surface area (Å²) in [6.45, 7) is 3.72. The van der Waals surface area contributed by atoms with E-state index in [-0.39, 0.29) is 6.01 Å². The van der Waals surface area contributed by atoms with Gasteiger partial charge in [0.15, 0.2) is 11.5 Å². The Bertz CT molecular complexity index is 1310. The smallest absolute Gasteiger partial charge is 0.346 e. The number of aromatic nitrogens is 6. The molecule has 0 saturated carbocycles. The van der Waals surface area contributed by atoms with Gasteiger partial charge in [-0.15, -0.1) is 0 Å². The number of rotatable bonds is 9. The second-order valence-corrected chi connectivity index (χ2v) is 7.33. The van der Waals surface area contributed by atoms with Gasteiger partial charge in [-0.05, 0) is 59.3 Å². The fourth-order valence-electron chi connectivity index (χ4n) is 3.50. The zero-order valence-electron chi connectivity index (χ0n) is 18.1. The normalized spacial score (nSPS) is 11.1. The lowest BCUT2D eigenvalue weighted by Crippen LogP contribution is -2.13. The maximum Gasteiger partial charge on any atom is 0.346 e. The number of para-hydroxylation sites is 3. The number of hydrogen-bond donors (Lipinski definition) is 2. The molecule has 0 atom stereocenters. The molecule has 0 amide bonds. The Kier molecular flexibility index (Phi) is 5.94. The van der Waals surface area contributed by atoms with E-state index in [1.807, 2.05) is 79.7 Å². The fourth-order valence-corrected chi connectivity index (χ4v) is 3.50. The standard InChI is InChI=1S/C24H23N7O2/c1-2-32-22-14-17(15-25-16-23-26-19-10-6-7-11-20(19)27-23)12-13-21(22)33-24-28-29-30-31(24)18-8-4-3-5-9-18/h3-14,25H,2,15-16H2,1H3,(H,26,27). The zero-order chi connectivity index (χ0) is 22.5. The summed E-state index contributed by atoms with van der Waals surface area (Å²) in [5.74, 6) is 2.07. The highest BCUT2D eigenvalue weighted by Crippen LogP contribution is 2.32. The van der Waals surface area contributed by atoms with Crippen molar-refractivity contribution >= 4 is 11.0 Å². The minimum Gasteiger partial charge on any atom is -0.490 e. The first-order valence-electron chi connectivity index (χ1n) is 10.7. The molecule has 5 rings (SSSR count). The first kappa shape index (κ1) is 20.7. The average molecular weight is 441 g/mol. The highest BCUT2D eigenvalue weighted by Gasteiger charge is 2.14. The molecular weight excluding hydrogens is 418 g/mol. The monoisotopic (exact) mass is 441 g/mol. The van der Waals surface area contributed by atoms with Crippen LogP contribution in [0, 0.1) is 0 Å². The molecular formula is C24H23N7O2. The average Bonchev–Trinajstić information content (AvgIpc) is 3.48. The summed E-state index contributed by atoms with van der Waals surface area (Å²) in [6, 6.07) is 23.7. The van der Waals surface area contributed by atoms with E-state index in [2.05, 4.69) is 30.8 Å². The predicted octanol–water partition coefficient (Wildman–Crippen LogP) is 4.02. The molecule has 0 fully saturated rings. The van der Waals surface area contributed by atoms with E-state index < -0.39 is 0 Å². The highest BCUT2D eigenvalue weighted by molar-refractivity contribution is 5.74. The molecule has 0 aliphatic carbocycles. The van der Waals surface area contributed by atoms with Crippen LogP contribution in [0.4, 0.5) is 0 Å². The van der Waals surface area contributed by atoms with Gasteiger partial charge in [0.2, 0.25) is 0 Å². The third-order valence-electron chi connectivity index (χ3n) is 5.01. The zero-order valence-corrected chi connectivity index (χ0v) is 18.1. The van der Waals surface area contributed by atoms with E-state index in [1.54, 1.807) is 4.68 Å². The number of nitrogens with one attached hydrogen (secondary N) is 2. The maximum atomic E-state index is 6.02. The SMILES string of the molecule is CCOc1cc(CNCc2nc3ccccc3[nH]2)ccc1Oc1nnnn1-c1ccccc1. The molecule has 5 aromatic rings. The van der Waals surface area contributed by atoms with Crippen LogP contribution in [0.25, 0.3) is 16.7 Å². The number of aromatic amines is 1. The summed E-state index contributed by atoms with van der Waals surface area (Å²) in [7, 11) is 0. The van der Waals surface area contributed by atoms with Crippen molar-refractivity contribution < 1.29 is 9.47 Å². The minimum absolute atomic E-state index is 0.262. The number of hydrogen-bond acceptors (Lipinski definition) is 7. The van der Waals surface area contributed by atoms with Gasteiger partial charge in [-0.3, -0.25) is 0 Å². The van der Waals surface area contributed by atoms with Crippen LogP contribution in [0.5, 0.6) is 17.5 Å². The van der Waals surface area contributed by atoms with Crippen LogP contribution in [0.1, 0.15) is 18.3 Å². The van der Waals surface area contributed by atoms with Gasteiger partial charge in [0.1, 0.15) is 5.82 Å². The van der Waals surface area contributed by atoms with E-state index in [1.165, 1.54) is 0 Å². The summed E-state index contributed by atoms with van der Waals surface area (Å²) < 4.78 is 13.4. The Morgan fingerprint density at radius 3 is 2.64 bits per heavy atom. The van der Waals surface area contributed by atoms with Crippen molar-refractivity contribution in [3.8, 4) is 23.2 Å². The Labute approximate surface area is 190 Å². The lowest BCUT2D eigenvalue weighted by molar-refractivity contribution is 0.315. The quantitative estimate of drug-likeness (QED) is 0.356. The second-order valence-electron chi connectivity index (χ2n) is 7.33. The van der Waals surface area contributed by atoms with Gasteiger partial charge in [-0.1, -0.05) is 41.5 Å². The van der Waals surface area contributed by atoms with Crippen molar-refractivity contribution in [3.63, 3.8) is 0 Å². The third kappa shape index (κ3) is 4.68. The summed E-state index contributed by atoms with van der Waals surface area (Å²) >= 11 is 0. The van der Waals surface area contributed by atoms with Crippen LogP contribution in [0.15, 0.2) is 72.8 Å². The van der Waals surface area contributed by atoms with Crippen LogP contribution in [0.3, 0.4) is 0 Å². The molecule has 33 heavy (non-hydrogen) atoms. The van der Waals surface area contributed by atoms with Crippen LogP contribution in [-0.4, -0.2) is 36.8 Å². The summed E-state index contributed by atoms with van der Waals surface area (Å²) in [5, 5.41) is 15.2. The molecule has 3 aromatic carbocycles. The number of tetrazole rings is 1. The lowest BCUT2D eigenvalue weighted by Gasteiger charge is -2.13.